The first-order chi connectivity index (χ1) is 16.0. The van der Waals surface area contributed by atoms with Gasteiger partial charge in [-0.2, -0.15) is 0 Å². The quantitative estimate of drug-likeness (QED) is 0.357. The van der Waals surface area contributed by atoms with E-state index in [9.17, 15) is 8.42 Å². The van der Waals surface area contributed by atoms with Crippen LogP contribution in [0.15, 0.2) is 90.2 Å². The van der Waals surface area contributed by atoms with Crippen molar-refractivity contribution in [1.29, 1.82) is 0 Å². The van der Waals surface area contributed by atoms with Gasteiger partial charge in [-0.05, 0) is 35.9 Å². The van der Waals surface area contributed by atoms with Crippen molar-refractivity contribution in [2.24, 2.45) is 0 Å². The molecule has 0 saturated carbocycles. The molecule has 0 amide bonds. The molecule has 5 aromatic rings. The third-order valence-corrected chi connectivity index (χ3v) is 6.94. The molecule has 0 aliphatic rings. The van der Waals surface area contributed by atoms with Crippen LogP contribution in [0.4, 0.5) is 5.82 Å². The first-order valence-electron chi connectivity index (χ1n) is 10.6. The highest BCUT2D eigenvalue weighted by Gasteiger charge is 2.13. The fourth-order valence-corrected chi connectivity index (χ4v) is 4.73. The van der Waals surface area contributed by atoms with Crippen molar-refractivity contribution in [3.05, 3.63) is 90.9 Å². The fraction of sp³-hybridized carbons (Fsp3) is 0.120. The van der Waals surface area contributed by atoms with E-state index >= 15 is 0 Å². The number of hydrogen-bond donors (Lipinski definition) is 2. The molecule has 0 bridgehead atoms. The predicted molar refractivity (Wildman–Crippen MR) is 131 cm³/mol. The van der Waals surface area contributed by atoms with E-state index in [0.29, 0.717) is 18.0 Å². The summed E-state index contributed by atoms with van der Waals surface area (Å²) in [5, 5.41) is 5.53. The maximum Gasteiger partial charge on any atom is 0.240 e. The van der Waals surface area contributed by atoms with Gasteiger partial charge in [-0.25, -0.2) is 23.1 Å². The van der Waals surface area contributed by atoms with Crippen molar-refractivity contribution < 1.29 is 8.42 Å². The van der Waals surface area contributed by atoms with Gasteiger partial charge in [0, 0.05) is 37.2 Å². The van der Waals surface area contributed by atoms with Gasteiger partial charge in [0.15, 0.2) is 11.5 Å². The Morgan fingerprint density at radius 2 is 1.73 bits per heavy atom. The second-order valence-electron chi connectivity index (χ2n) is 7.83. The molecular weight excluding hydrogens is 434 g/mol. The molecule has 0 saturated heterocycles. The number of hydrogen-bond acceptors (Lipinski definition) is 5. The standard InChI is InChI=1S/C25H23N5O2S/c1-18-6-10-22(11-7-18)33(31,32)28-13-12-26-24-25-29-23(17-30(25)15-14-27-24)21-9-8-19-4-2-3-5-20(19)16-21/h2-11,14-17,28H,12-13H2,1H3,(H,26,27). The van der Waals surface area contributed by atoms with Crippen molar-refractivity contribution in [2.75, 3.05) is 18.4 Å². The second-order valence-corrected chi connectivity index (χ2v) is 9.60. The van der Waals surface area contributed by atoms with Crippen LogP contribution in [0.2, 0.25) is 0 Å². The summed E-state index contributed by atoms with van der Waals surface area (Å²) in [6, 6.07) is 21.3. The van der Waals surface area contributed by atoms with Gasteiger partial charge in [0.25, 0.3) is 0 Å². The van der Waals surface area contributed by atoms with Crippen molar-refractivity contribution in [3.63, 3.8) is 0 Å². The van der Waals surface area contributed by atoms with Crippen LogP contribution in [0.1, 0.15) is 5.56 Å². The van der Waals surface area contributed by atoms with Crippen LogP contribution in [0.25, 0.3) is 27.7 Å². The molecule has 0 atom stereocenters. The highest BCUT2D eigenvalue weighted by atomic mass is 32.2. The number of benzene rings is 3. The van der Waals surface area contributed by atoms with E-state index < -0.39 is 10.0 Å². The summed E-state index contributed by atoms with van der Waals surface area (Å²) in [5.41, 5.74) is 3.56. The number of anilines is 1. The van der Waals surface area contributed by atoms with Crippen LogP contribution < -0.4 is 10.0 Å². The molecule has 0 radical (unpaired) electrons. The SMILES string of the molecule is Cc1ccc(S(=O)(=O)NCCNc2nccn3cc(-c4ccc5ccccc5c4)nc23)cc1. The van der Waals surface area contributed by atoms with Gasteiger partial charge in [0.2, 0.25) is 10.0 Å². The third-order valence-electron chi connectivity index (χ3n) is 5.46. The molecular formula is C25H23N5O2S. The van der Waals surface area contributed by atoms with Crippen molar-refractivity contribution >= 4 is 32.3 Å². The van der Waals surface area contributed by atoms with Gasteiger partial charge in [-0.15, -0.1) is 0 Å². The number of nitrogens with one attached hydrogen (secondary N) is 2. The lowest BCUT2D eigenvalue weighted by Gasteiger charge is -2.09. The Bertz CT molecular complexity index is 1540. The number of rotatable bonds is 7. The summed E-state index contributed by atoms with van der Waals surface area (Å²) in [4.78, 5) is 9.42. The number of imidazole rings is 1. The Morgan fingerprint density at radius 3 is 2.55 bits per heavy atom. The lowest BCUT2D eigenvalue weighted by molar-refractivity contribution is 0.583. The van der Waals surface area contributed by atoms with Gasteiger partial charge in [0.05, 0.1) is 10.6 Å². The maximum atomic E-state index is 12.4. The van der Waals surface area contributed by atoms with Gasteiger partial charge in [-0.3, -0.25) is 0 Å². The molecule has 0 unspecified atom stereocenters. The monoisotopic (exact) mass is 457 g/mol. The lowest BCUT2D eigenvalue weighted by Crippen LogP contribution is -2.29. The van der Waals surface area contributed by atoms with Gasteiger partial charge >= 0.3 is 0 Å². The average molecular weight is 458 g/mol. The summed E-state index contributed by atoms with van der Waals surface area (Å²) < 4.78 is 29.4. The van der Waals surface area contributed by atoms with E-state index in [4.69, 9.17) is 4.98 Å². The summed E-state index contributed by atoms with van der Waals surface area (Å²) in [6.45, 7) is 2.51. The zero-order chi connectivity index (χ0) is 22.8. The van der Waals surface area contributed by atoms with Gasteiger partial charge < -0.3 is 9.72 Å². The minimum absolute atomic E-state index is 0.219. The topological polar surface area (TPSA) is 88.4 Å². The van der Waals surface area contributed by atoms with E-state index in [1.807, 2.05) is 35.9 Å². The zero-order valence-corrected chi connectivity index (χ0v) is 18.9. The molecule has 5 rings (SSSR count). The third kappa shape index (κ3) is 4.44. The molecule has 0 spiro atoms. The first-order valence-corrected chi connectivity index (χ1v) is 12.1. The van der Waals surface area contributed by atoms with E-state index in [0.717, 1.165) is 22.2 Å². The maximum absolute atomic E-state index is 12.4. The molecule has 0 aliphatic heterocycles. The molecule has 7 nitrogen and oxygen atoms in total. The molecule has 166 valence electrons. The van der Waals surface area contributed by atoms with E-state index in [1.54, 1.807) is 30.5 Å². The molecule has 2 heterocycles. The minimum atomic E-state index is -3.56. The van der Waals surface area contributed by atoms with Crippen LogP contribution in [-0.4, -0.2) is 35.9 Å². The lowest BCUT2D eigenvalue weighted by atomic mass is 10.1. The summed E-state index contributed by atoms with van der Waals surface area (Å²) in [6.07, 6.45) is 5.50. The normalized spacial score (nSPS) is 11.8. The predicted octanol–water partition coefficient (Wildman–Crippen LogP) is 4.25. The van der Waals surface area contributed by atoms with Crippen molar-refractivity contribution in [2.45, 2.75) is 11.8 Å². The first kappa shape index (κ1) is 21.1. The Balaban J connectivity index is 1.31. The molecule has 33 heavy (non-hydrogen) atoms. The summed E-state index contributed by atoms with van der Waals surface area (Å²) in [7, 11) is -3.56. The minimum Gasteiger partial charge on any atom is -0.366 e. The largest absolute Gasteiger partial charge is 0.366 e. The number of aryl methyl sites for hydroxylation is 1. The molecule has 0 fully saturated rings. The summed E-state index contributed by atoms with van der Waals surface area (Å²) >= 11 is 0. The molecule has 8 heteroatoms. The van der Waals surface area contributed by atoms with Gasteiger partial charge in [0.1, 0.15) is 0 Å². The number of nitrogens with zero attached hydrogens (tertiary/aromatic N) is 3. The Kier molecular flexibility index (Phi) is 5.53. The smallest absolute Gasteiger partial charge is 0.240 e. The number of aromatic nitrogens is 3. The number of fused-ring (bicyclic) bond motifs is 2. The Labute approximate surface area is 192 Å². The average Bonchev–Trinajstić information content (AvgIpc) is 3.27. The highest BCUT2D eigenvalue weighted by Crippen LogP contribution is 2.25. The molecule has 2 N–H and O–H groups in total. The van der Waals surface area contributed by atoms with E-state index in [1.165, 1.54) is 5.39 Å². The summed E-state index contributed by atoms with van der Waals surface area (Å²) in [5.74, 6) is 0.596. The van der Waals surface area contributed by atoms with Crippen LogP contribution in [0.5, 0.6) is 0 Å². The van der Waals surface area contributed by atoms with Crippen molar-refractivity contribution in [3.8, 4) is 11.3 Å². The molecule has 0 aliphatic carbocycles. The van der Waals surface area contributed by atoms with Crippen LogP contribution in [0.3, 0.4) is 0 Å². The highest BCUT2D eigenvalue weighted by molar-refractivity contribution is 7.89. The van der Waals surface area contributed by atoms with Crippen LogP contribution >= 0.6 is 0 Å². The fourth-order valence-electron chi connectivity index (χ4n) is 3.70. The van der Waals surface area contributed by atoms with Gasteiger partial charge in [-0.1, -0.05) is 54.1 Å². The zero-order valence-electron chi connectivity index (χ0n) is 18.1. The molecule has 3 aromatic carbocycles. The second kappa shape index (κ2) is 8.65. The Hall–Kier alpha value is -3.75. The van der Waals surface area contributed by atoms with Crippen LogP contribution in [0, 0.1) is 6.92 Å². The molecule has 2 aromatic heterocycles. The van der Waals surface area contributed by atoms with E-state index in [-0.39, 0.29) is 11.4 Å². The van der Waals surface area contributed by atoms with Crippen LogP contribution in [-0.2, 0) is 10.0 Å². The van der Waals surface area contributed by atoms with Crippen molar-refractivity contribution in [1.82, 2.24) is 19.1 Å². The number of sulfonamides is 1. The Morgan fingerprint density at radius 1 is 0.939 bits per heavy atom. The van der Waals surface area contributed by atoms with E-state index in [2.05, 4.69) is 45.4 Å².